The third-order valence-electron chi connectivity index (χ3n) is 6.62. The molecule has 2 heterocycles. The summed E-state index contributed by atoms with van der Waals surface area (Å²) in [6.45, 7) is 7.62. The van der Waals surface area contributed by atoms with Crippen LogP contribution in [-0.4, -0.2) is 51.2 Å². The number of fused-ring (bicyclic) bond motifs is 2. The molecule has 1 fully saturated rings. The Morgan fingerprint density at radius 3 is 2.47 bits per heavy atom. The van der Waals surface area contributed by atoms with E-state index < -0.39 is 40.2 Å². The number of nitrogens with zero attached hydrogens (tertiary/aromatic N) is 2. The lowest BCUT2D eigenvalue weighted by atomic mass is 9.71. The Labute approximate surface area is 213 Å². The molecule has 8 nitrogen and oxygen atoms in total. The van der Waals surface area contributed by atoms with Crippen LogP contribution >= 0.6 is 12.4 Å². The van der Waals surface area contributed by atoms with Gasteiger partial charge in [-0.1, -0.05) is 6.07 Å². The van der Waals surface area contributed by atoms with Gasteiger partial charge < -0.3 is 24.6 Å². The predicted molar refractivity (Wildman–Crippen MR) is 131 cm³/mol. The smallest absolute Gasteiger partial charge is 0.274 e. The second-order valence-corrected chi connectivity index (χ2v) is 9.82. The highest BCUT2D eigenvalue weighted by Crippen LogP contribution is 2.46. The van der Waals surface area contributed by atoms with Gasteiger partial charge in [0.05, 0.1) is 17.7 Å². The van der Waals surface area contributed by atoms with Crippen molar-refractivity contribution in [2.45, 2.75) is 70.9 Å². The lowest BCUT2D eigenvalue weighted by Crippen LogP contribution is -2.63. The van der Waals surface area contributed by atoms with Gasteiger partial charge in [0.1, 0.15) is 17.2 Å². The first kappa shape index (κ1) is 27.6. The van der Waals surface area contributed by atoms with E-state index in [9.17, 15) is 28.3 Å². The van der Waals surface area contributed by atoms with Crippen LogP contribution in [0.25, 0.3) is 0 Å². The van der Waals surface area contributed by atoms with Crippen LogP contribution < -0.4 is 10.7 Å². The number of nitrogens with one attached hydrogen (secondary N) is 1. The lowest BCUT2D eigenvalue weighted by molar-refractivity contribution is -0.110. The summed E-state index contributed by atoms with van der Waals surface area (Å²) in [5, 5.41) is 13.2. The number of carbonyl (C=O) groups excluding carboxylic acids is 2. The molecule has 0 unspecified atom stereocenters. The van der Waals surface area contributed by atoms with Crippen molar-refractivity contribution in [1.29, 1.82) is 0 Å². The molecule has 2 N–H and O–H groups in total. The summed E-state index contributed by atoms with van der Waals surface area (Å²) >= 11 is 0. The van der Waals surface area contributed by atoms with Crippen LogP contribution in [0.5, 0.6) is 5.75 Å². The molecular weight excluding hydrogens is 496 g/mol. The van der Waals surface area contributed by atoms with Crippen LogP contribution in [0, 0.1) is 11.6 Å². The molecule has 0 saturated heterocycles. The Morgan fingerprint density at radius 1 is 1.22 bits per heavy atom. The number of hydrogen-bond acceptors (Lipinski definition) is 5. The molecule has 2 amide bonds. The molecule has 2 aliphatic rings. The topological polar surface area (TPSA) is 101 Å². The number of benzene rings is 1. The Kier molecular flexibility index (Phi) is 7.80. The van der Waals surface area contributed by atoms with Gasteiger partial charge in [-0.25, -0.2) is 8.78 Å². The van der Waals surface area contributed by atoms with Crippen molar-refractivity contribution in [3.63, 3.8) is 0 Å². The van der Waals surface area contributed by atoms with Crippen LogP contribution in [0.15, 0.2) is 29.2 Å². The number of ether oxygens (including phenoxy) is 1. The van der Waals surface area contributed by atoms with E-state index in [-0.39, 0.29) is 54.0 Å². The maximum Gasteiger partial charge on any atom is 0.274 e. The molecular formula is C25H30ClF2N3O5. The van der Waals surface area contributed by atoms with Crippen molar-refractivity contribution >= 4 is 24.2 Å². The molecule has 196 valence electrons. The first-order valence-corrected chi connectivity index (χ1v) is 11.6. The number of rotatable bonds is 6. The molecule has 0 bridgehead atoms. The zero-order valence-electron chi connectivity index (χ0n) is 20.5. The highest BCUT2D eigenvalue weighted by Gasteiger charge is 2.53. The van der Waals surface area contributed by atoms with Gasteiger partial charge in [0.25, 0.3) is 11.8 Å². The molecule has 0 radical (unpaired) electrons. The average Bonchev–Trinajstić information content (AvgIpc) is 2.75. The quantitative estimate of drug-likeness (QED) is 0.602. The van der Waals surface area contributed by atoms with E-state index in [4.69, 9.17) is 4.74 Å². The van der Waals surface area contributed by atoms with E-state index in [1.165, 1.54) is 12.3 Å². The summed E-state index contributed by atoms with van der Waals surface area (Å²) in [4.78, 5) is 40.6. The molecule has 1 aromatic heterocycles. The number of aromatic nitrogens is 1. The van der Waals surface area contributed by atoms with Crippen LogP contribution in [0.3, 0.4) is 0 Å². The van der Waals surface area contributed by atoms with Gasteiger partial charge in [-0.15, -0.1) is 12.4 Å². The van der Waals surface area contributed by atoms with E-state index >= 15 is 0 Å². The molecule has 1 spiro atoms. The second-order valence-electron chi connectivity index (χ2n) is 9.82. The first-order valence-electron chi connectivity index (χ1n) is 11.6. The van der Waals surface area contributed by atoms with Crippen molar-refractivity contribution < 1.29 is 28.2 Å². The summed E-state index contributed by atoms with van der Waals surface area (Å²) in [7, 11) is 0. The van der Waals surface area contributed by atoms with Crippen LogP contribution in [-0.2, 0) is 16.8 Å². The largest absolute Gasteiger partial charge is 0.503 e. The molecule has 1 aromatic carbocycles. The SMILES string of the molecule is CC(C)O[C@H]1C[C@]2(CN(C(C)C)C(=O)c3c(O)c(=O)c(C(=O)NCc4ccc(F)cc4F)cn32)C1.Cl. The molecule has 1 aliphatic carbocycles. The summed E-state index contributed by atoms with van der Waals surface area (Å²) in [6.07, 6.45) is 2.33. The normalized spacial score (nSPS) is 20.8. The van der Waals surface area contributed by atoms with Crippen molar-refractivity contribution in [3.8, 4) is 5.75 Å². The van der Waals surface area contributed by atoms with Crippen molar-refractivity contribution in [2.75, 3.05) is 6.54 Å². The standard InChI is InChI=1S/C25H29F2N3O5.ClH/c1-13(2)29-12-25(8-17(9-25)35-14(3)4)30-11-18(21(31)22(32)20(30)24(29)34)23(33)28-10-15-5-6-16(26)7-19(15)27;/h5-7,11,13-14,17,32H,8-10,12H2,1-4H3,(H,28,33);1H/t17-,25+;. The van der Waals surface area contributed by atoms with Gasteiger partial charge in [-0.2, -0.15) is 0 Å². The molecule has 11 heteroatoms. The van der Waals surface area contributed by atoms with Crippen LogP contribution in [0.4, 0.5) is 8.78 Å². The Hall–Kier alpha value is -2.98. The van der Waals surface area contributed by atoms with E-state index in [1.807, 2.05) is 27.7 Å². The summed E-state index contributed by atoms with van der Waals surface area (Å²) in [5.74, 6) is -3.71. The zero-order chi connectivity index (χ0) is 25.7. The lowest BCUT2D eigenvalue weighted by Gasteiger charge is -2.55. The van der Waals surface area contributed by atoms with Gasteiger partial charge >= 0.3 is 0 Å². The Bertz CT molecular complexity index is 1240. The maximum atomic E-state index is 13.9. The molecule has 0 atom stereocenters. The molecule has 1 saturated carbocycles. The Balaban J connectivity index is 0.00000361. The summed E-state index contributed by atoms with van der Waals surface area (Å²) in [6, 6.07) is 2.79. The summed E-state index contributed by atoms with van der Waals surface area (Å²) in [5.41, 5.74) is -2.12. The van der Waals surface area contributed by atoms with Crippen LogP contribution in [0.2, 0.25) is 0 Å². The number of pyridine rings is 1. The number of hydrogen-bond donors (Lipinski definition) is 2. The number of amides is 2. The molecule has 36 heavy (non-hydrogen) atoms. The molecule has 1 aliphatic heterocycles. The van der Waals surface area contributed by atoms with Gasteiger partial charge in [0.2, 0.25) is 5.43 Å². The van der Waals surface area contributed by atoms with E-state index in [1.54, 1.807) is 9.47 Å². The number of aromatic hydroxyl groups is 1. The molecule has 4 rings (SSSR count). The second kappa shape index (κ2) is 10.2. The fourth-order valence-corrected chi connectivity index (χ4v) is 4.89. The van der Waals surface area contributed by atoms with Crippen molar-refractivity contribution in [2.24, 2.45) is 0 Å². The Morgan fingerprint density at radius 2 is 1.89 bits per heavy atom. The third-order valence-corrected chi connectivity index (χ3v) is 6.62. The monoisotopic (exact) mass is 525 g/mol. The number of carbonyl (C=O) groups is 2. The van der Waals surface area contributed by atoms with Crippen LogP contribution in [0.1, 0.15) is 66.9 Å². The minimum absolute atomic E-state index is 0. The fraction of sp³-hybridized carbons (Fsp3) is 0.480. The van der Waals surface area contributed by atoms with Gasteiger partial charge in [0.15, 0.2) is 11.4 Å². The van der Waals surface area contributed by atoms with E-state index in [0.717, 1.165) is 6.07 Å². The highest BCUT2D eigenvalue weighted by atomic mass is 35.5. The first-order chi connectivity index (χ1) is 16.4. The molecule has 2 aromatic rings. The fourth-order valence-electron chi connectivity index (χ4n) is 4.89. The minimum atomic E-state index is -0.989. The van der Waals surface area contributed by atoms with Gasteiger partial charge in [-0.3, -0.25) is 14.4 Å². The zero-order valence-corrected chi connectivity index (χ0v) is 21.3. The third kappa shape index (κ3) is 4.84. The maximum absolute atomic E-state index is 13.9. The minimum Gasteiger partial charge on any atom is -0.503 e. The van der Waals surface area contributed by atoms with Crippen molar-refractivity contribution in [3.05, 3.63) is 63.1 Å². The average molecular weight is 526 g/mol. The highest BCUT2D eigenvalue weighted by molar-refractivity contribution is 5.99. The van der Waals surface area contributed by atoms with E-state index in [0.29, 0.717) is 25.5 Å². The summed E-state index contributed by atoms with van der Waals surface area (Å²) < 4.78 is 34.5. The number of halogens is 3. The predicted octanol–water partition coefficient (Wildman–Crippen LogP) is 3.33. The van der Waals surface area contributed by atoms with Gasteiger partial charge in [-0.05, 0) is 46.6 Å². The van der Waals surface area contributed by atoms with E-state index in [2.05, 4.69) is 5.32 Å². The van der Waals surface area contributed by atoms with Gasteiger partial charge in [0, 0.05) is 37.0 Å². The van der Waals surface area contributed by atoms with Crippen molar-refractivity contribution in [1.82, 2.24) is 14.8 Å².